The van der Waals surface area contributed by atoms with Gasteiger partial charge in [0.05, 0.1) is 6.61 Å². The summed E-state index contributed by atoms with van der Waals surface area (Å²) in [5.41, 5.74) is 0.576. The van der Waals surface area contributed by atoms with Crippen LogP contribution in [0.1, 0.15) is 6.42 Å². The molecule has 1 aromatic rings. The average molecular weight is 252 g/mol. The molecule has 1 atom stereocenters. The summed E-state index contributed by atoms with van der Waals surface area (Å²) in [6.07, 6.45) is 1.10. The molecule has 98 valence electrons. The van der Waals surface area contributed by atoms with E-state index in [4.69, 9.17) is 4.74 Å². The van der Waals surface area contributed by atoms with E-state index in [0.29, 0.717) is 18.2 Å². The van der Waals surface area contributed by atoms with Crippen LogP contribution < -0.4 is 10.6 Å². The first-order valence-electron chi connectivity index (χ1n) is 6.08. The third-order valence-corrected chi connectivity index (χ3v) is 2.88. The predicted octanol–water partition coefficient (Wildman–Crippen LogP) is 1.39. The maximum atomic E-state index is 12.7. The smallest absolute Gasteiger partial charge is 0.250 e. The van der Waals surface area contributed by atoms with Gasteiger partial charge in [0.2, 0.25) is 5.91 Å². The Bertz CT molecular complexity index is 388. The fraction of sp³-hybridized carbons (Fsp3) is 0.462. The molecule has 2 rings (SSSR count). The van der Waals surface area contributed by atoms with Crippen LogP contribution in [0.25, 0.3) is 0 Å². The Morgan fingerprint density at radius 3 is 2.89 bits per heavy atom. The number of nitrogens with one attached hydrogen (secondary N) is 2. The van der Waals surface area contributed by atoms with Crippen molar-refractivity contribution in [2.45, 2.75) is 6.42 Å². The van der Waals surface area contributed by atoms with Crippen LogP contribution in [0, 0.1) is 11.7 Å². The van der Waals surface area contributed by atoms with Gasteiger partial charge in [-0.05, 0) is 43.1 Å². The molecule has 0 saturated carbocycles. The Morgan fingerprint density at radius 2 is 2.22 bits per heavy atom. The molecule has 0 aromatic heterocycles. The summed E-state index contributed by atoms with van der Waals surface area (Å²) in [6, 6.07) is 5.66. The highest BCUT2D eigenvalue weighted by Crippen LogP contribution is 2.09. The van der Waals surface area contributed by atoms with Gasteiger partial charge in [-0.25, -0.2) is 4.39 Å². The molecule has 1 fully saturated rings. The summed E-state index contributed by atoms with van der Waals surface area (Å²) in [5.74, 6) is -0.0332. The third kappa shape index (κ3) is 4.09. The van der Waals surface area contributed by atoms with Gasteiger partial charge in [0.25, 0.3) is 0 Å². The third-order valence-electron chi connectivity index (χ3n) is 2.88. The number of carbonyl (C=O) groups excluding carboxylic acids is 1. The molecular formula is C13H17FN2O2. The largest absolute Gasteiger partial charge is 0.371 e. The monoisotopic (exact) mass is 252 g/mol. The predicted molar refractivity (Wildman–Crippen MR) is 66.8 cm³/mol. The standard InChI is InChI=1S/C13H17FN2O2/c14-11-1-3-12(4-2-11)16-13(17)9-18-8-10-5-6-15-7-10/h1-4,10,15H,5-9H2,(H,16,17). The van der Waals surface area contributed by atoms with Crippen molar-refractivity contribution in [1.29, 1.82) is 0 Å². The second kappa shape index (κ2) is 6.47. The van der Waals surface area contributed by atoms with Crippen molar-refractivity contribution in [3.8, 4) is 0 Å². The molecule has 0 aliphatic carbocycles. The lowest BCUT2D eigenvalue weighted by Crippen LogP contribution is -2.21. The molecular weight excluding hydrogens is 235 g/mol. The first-order chi connectivity index (χ1) is 8.74. The first-order valence-corrected chi connectivity index (χ1v) is 6.08. The number of amides is 1. The molecule has 4 nitrogen and oxygen atoms in total. The van der Waals surface area contributed by atoms with E-state index in [2.05, 4.69) is 10.6 Å². The zero-order valence-corrected chi connectivity index (χ0v) is 10.1. The maximum absolute atomic E-state index is 12.7. The maximum Gasteiger partial charge on any atom is 0.250 e. The molecule has 1 aliphatic heterocycles. The number of hydrogen-bond donors (Lipinski definition) is 2. The minimum Gasteiger partial charge on any atom is -0.371 e. The summed E-state index contributed by atoms with van der Waals surface area (Å²) in [7, 11) is 0. The fourth-order valence-corrected chi connectivity index (χ4v) is 1.91. The topological polar surface area (TPSA) is 50.4 Å². The molecule has 18 heavy (non-hydrogen) atoms. The van der Waals surface area contributed by atoms with Crippen molar-refractivity contribution < 1.29 is 13.9 Å². The van der Waals surface area contributed by atoms with E-state index < -0.39 is 0 Å². The number of benzene rings is 1. The zero-order chi connectivity index (χ0) is 12.8. The summed E-state index contributed by atoms with van der Waals surface area (Å²) < 4.78 is 18.0. The minimum atomic E-state index is -0.321. The van der Waals surface area contributed by atoms with Crippen molar-refractivity contribution in [3.05, 3.63) is 30.1 Å². The van der Waals surface area contributed by atoms with Gasteiger partial charge in [-0.3, -0.25) is 4.79 Å². The summed E-state index contributed by atoms with van der Waals surface area (Å²) in [4.78, 5) is 11.5. The normalized spacial score (nSPS) is 18.8. The molecule has 1 heterocycles. The van der Waals surface area contributed by atoms with E-state index in [9.17, 15) is 9.18 Å². The molecule has 1 aliphatic rings. The Balaban J connectivity index is 1.66. The summed E-state index contributed by atoms with van der Waals surface area (Å²) >= 11 is 0. The van der Waals surface area contributed by atoms with Crippen molar-refractivity contribution in [2.75, 3.05) is 31.6 Å². The van der Waals surface area contributed by atoms with Crippen LogP contribution in [0.3, 0.4) is 0 Å². The van der Waals surface area contributed by atoms with Gasteiger partial charge in [0.1, 0.15) is 12.4 Å². The lowest BCUT2D eigenvalue weighted by Gasteiger charge is -2.09. The van der Waals surface area contributed by atoms with E-state index in [1.807, 2.05) is 0 Å². The molecule has 2 N–H and O–H groups in total. The molecule has 1 aromatic carbocycles. The number of halogens is 1. The van der Waals surface area contributed by atoms with Crippen LogP contribution in [0.15, 0.2) is 24.3 Å². The molecule has 0 spiro atoms. The van der Waals surface area contributed by atoms with Crippen LogP contribution >= 0.6 is 0 Å². The lowest BCUT2D eigenvalue weighted by molar-refractivity contribution is -0.121. The quantitative estimate of drug-likeness (QED) is 0.832. The van der Waals surface area contributed by atoms with Crippen molar-refractivity contribution >= 4 is 11.6 Å². The Kier molecular flexibility index (Phi) is 4.66. The van der Waals surface area contributed by atoms with Crippen molar-refractivity contribution in [2.24, 2.45) is 5.92 Å². The highest BCUT2D eigenvalue weighted by molar-refractivity contribution is 5.91. The van der Waals surface area contributed by atoms with E-state index in [0.717, 1.165) is 19.5 Å². The SMILES string of the molecule is O=C(COCC1CCNC1)Nc1ccc(F)cc1. The summed E-state index contributed by atoms with van der Waals surface area (Å²) in [5, 5.41) is 5.89. The zero-order valence-electron chi connectivity index (χ0n) is 10.1. The van der Waals surface area contributed by atoms with E-state index in [1.54, 1.807) is 0 Å². The highest BCUT2D eigenvalue weighted by atomic mass is 19.1. The number of carbonyl (C=O) groups is 1. The van der Waals surface area contributed by atoms with Gasteiger partial charge in [-0.15, -0.1) is 0 Å². The van der Waals surface area contributed by atoms with Gasteiger partial charge in [0.15, 0.2) is 0 Å². The highest BCUT2D eigenvalue weighted by Gasteiger charge is 2.14. The molecule has 0 radical (unpaired) electrons. The summed E-state index contributed by atoms with van der Waals surface area (Å²) in [6.45, 7) is 2.62. The van der Waals surface area contributed by atoms with E-state index >= 15 is 0 Å². The fourth-order valence-electron chi connectivity index (χ4n) is 1.91. The van der Waals surface area contributed by atoms with Gasteiger partial charge >= 0.3 is 0 Å². The van der Waals surface area contributed by atoms with Crippen LogP contribution in [0.5, 0.6) is 0 Å². The number of ether oxygens (including phenoxy) is 1. The second-order valence-electron chi connectivity index (χ2n) is 4.43. The van der Waals surface area contributed by atoms with E-state index in [1.165, 1.54) is 24.3 Å². The average Bonchev–Trinajstić information content (AvgIpc) is 2.85. The van der Waals surface area contributed by atoms with Crippen LogP contribution in [0.2, 0.25) is 0 Å². The lowest BCUT2D eigenvalue weighted by atomic mass is 10.1. The molecule has 5 heteroatoms. The van der Waals surface area contributed by atoms with Crippen molar-refractivity contribution in [1.82, 2.24) is 5.32 Å². The van der Waals surface area contributed by atoms with Gasteiger partial charge in [-0.2, -0.15) is 0 Å². The Labute approximate surface area is 106 Å². The van der Waals surface area contributed by atoms with Crippen molar-refractivity contribution in [3.63, 3.8) is 0 Å². The second-order valence-corrected chi connectivity index (χ2v) is 4.43. The number of rotatable bonds is 5. The van der Waals surface area contributed by atoms with Crippen LogP contribution in [-0.4, -0.2) is 32.2 Å². The Hall–Kier alpha value is -1.46. The van der Waals surface area contributed by atoms with Gasteiger partial charge < -0.3 is 15.4 Å². The van der Waals surface area contributed by atoms with E-state index in [-0.39, 0.29) is 18.3 Å². The first kappa shape index (κ1) is 13.0. The van der Waals surface area contributed by atoms with Crippen LogP contribution in [0.4, 0.5) is 10.1 Å². The number of hydrogen-bond acceptors (Lipinski definition) is 3. The minimum absolute atomic E-state index is 0.0356. The molecule has 1 unspecified atom stereocenters. The molecule has 1 saturated heterocycles. The Morgan fingerprint density at radius 1 is 1.44 bits per heavy atom. The molecule has 0 bridgehead atoms. The van der Waals surface area contributed by atoms with Gasteiger partial charge in [-0.1, -0.05) is 0 Å². The van der Waals surface area contributed by atoms with Gasteiger partial charge in [0, 0.05) is 12.2 Å². The number of anilines is 1. The van der Waals surface area contributed by atoms with Crippen LogP contribution in [-0.2, 0) is 9.53 Å². The molecule has 1 amide bonds.